The van der Waals surface area contributed by atoms with Crippen LogP contribution in [0.15, 0.2) is 23.1 Å². The normalized spacial score (nSPS) is 11.9. The minimum absolute atomic E-state index is 0.287. The Bertz CT molecular complexity index is 349. The summed E-state index contributed by atoms with van der Waals surface area (Å²) in [5.74, 6) is -0.955. The number of hydrogen-bond donors (Lipinski definition) is 1. The van der Waals surface area contributed by atoms with Gasteiger partial charge in [-0.25, -0.2) is 8.78 Å². The molecule has 0 radical (unpaired) electrons. The molecule has 15 heavy (non-hydrogen) atoms. The van der Waals surface area contributed by atoms with Crippen molar-refractivity contribution in [1.29, 1.82) is 0 Å². The monoisotopic (exact) mass is 244 g/mol. The Hall–Kier alpha value is -0.980. The molecule has 0 N–H and O–H groups in total. The molecular formula is C8H5F5OS. The number of rotatable bonds is 2. The summed E-state index contributed by atoms with van der Waals surface area (Å²) in [6.45, 7) is 0. The lowest BCUT2D eigenvalue weighted by molar-refractivity contribution is -0.276. The molecule has 0 saturated heterocycles. The van der Waals surface area contributed by atoms with Gasteiger partial charge in [0.1, 0.15) is 0 Å². The average Bonchev–Trinajstić information content (AvgIpc) is 2.05. The van der Waals surface area contributed by atoms with Crippen molar-refractivity contribution in [2.24, 2.45) is 0 Å². The highest BCUT2D eigenvalue weighted by Gasteiger charge is 2.34. The minimum atomic E-state index is -5.01. The fourth-order valence-electron chi connectivity index (χ4n) is 0.941. The van der Waals surface area contributed by atoms with Gasteiger partial charge >= 0.3 is 6.36 Å². The van der Waals surface area contributed by atoms with Crippen molar-refractivity contribution in [3.63, 3.8) is 0 Å². The first-order chi connectivity index (χ1) is 6.81. The highest BCUT2D eigenvalue weighted by Crippen LogP contribution is 2.37. The third-order valence-corrected chi connectivity index (χ3v) is 1.83. The summed E-state index contributed by atoms with van der Waals surface area (Å²) in [7, 11) is 0. The molecule has 0 saturated carbocycles. The van der Waals surface area contributed by atoms with E-state index < -0.39 is 24.1 Å². The molecule has 0 aliphatic carbocycles. The first-order valence-corrected chi connectivity index (χ1v) is 4.12. The van der Waals surface area contributed by atoms with E-state index in [1.54, 1.807) is 0 Å². The minimum Gasteiger partial charge on any atom is -0.404 e. The fraction of sp³-hybridized carbons (Fsp3) is 0.250. The second-order valence-corrected chi connectivity index (χ2v) is 3.03. The predicted octanol–water partition coefficient (Wildman–Crippen LogP) is 3.81. The van der Waals surface area contributed by atoms with Crippen molar-refractivity contribution in [1.82, 2.24) is 0 Å². The van der Waals surface area contributed by atoms with Gasteiger partial charge in [-0.2, -0.15) is 0 Å². The average molecular weight is 244 g/mol. The maximum absolute atomic E-state index is 12.3. The molecule has 0 heterocycles. The van der Waals surface area contributed by atoms with E-state index in [2.05, 4.69) is 17.4 Å². The molecule has 0 aliphatic heterocycles. The number of halogens is 5. The van der Waals surface area contributed by atoms with Crippen molar-refractivity contribution in [2.75, 3.05) is 0 Å². The Kier molecular flexibility index (Phi) is 3.43. The number of benzene rings is 1. The SMILES string of the molecule is FC(F)c1cccc(S)c1OC(F)(F)F. The Balaban J connectivity index is 3.14. The van der Waals surface area contributed by atoms with Crippen LogP contribution in [0.1, 0.15) is 12.0 Å². The lowest BCUT2D eigenvalue weighted by Crippen LogP contribution is -2.18. The molecule has 1 nitrogen and oxygen atoms in total. The Morgan fingerprint density at radius 2 is 1.80 bits per heavy atom. The highest BCUT2D eigenvalue weighted by atomic mass is 32.1. The molecule has 0 unspecified atom stereocenters. The van der Waals surface area contributed by atoms with Crippen molar-refractivity contribution in [3.05, 3.63) is 23.8 Å². The first-order valence-electron chi connectivity index (χ1n) is 3.67. The molecule has 0 bridgehead atoms. The summed E-state index contributed by atoms with van der Waals surface area (Å²) in [6, 6.07) is 3.16. The lowest BCUT2D eigenvalue weighted by Gasteiger charge is -2.14. The fourth-order valence-corrected chi connectivity index (χ4v) is 1.20. The van der Waals surface area contributed by atoms with Gasteiger partial charge in [-0.05, 0) is 12.1 Å². The zero-order valence-corrected chi connectivity index (χ0v) is 7.95. The number of para-hydroxylation sites is 1. The van der Waals surface area contributed by atoms with Crippen LogP contribution in [0, 0.1) is 0 Å². The molecule has 7 heteroatoms. The van der Waals surface area contributed by atoms with Gasteiger partial charge in [0, 0.05) is 4.90 Å². The Labute approximate surface area is 87.3 Å². The van der Waals surface area contributed by atoms with Gasteiger partial charge in [0.05, 0.1) is 5.56 Å². The summed E-state index contributed by atoms with van der Waals surface area (Å²) in [5.41, 5.74) is -0.833. The van der Waals surface area contributed by atoms with Gasteiger partial charge in [-0.1, -0.05) is 6.07 Å². The van der Waals surface area contributed by atoms with Gasteiger partial charge in [0.2, 0.25) is 0 Å². The summed E-state index contributed by atoms with van der Waals surface area (Å²) in [6.07, 6.45) is -8.06. The van der Waals surface area contributed by atoms with Crippen LogP contribution in [0.5, 0.6) is 5.75 Å². The summed E-state index contributed by atoms with van der Waals surface area (Å²) in [5, 5.41) is 0. The van der Waals surface area contributed by atoms with Crippen LogP contribution in [0.4, 0.5) is 22.0 Å². The highest BCUT2D eigenvalue weighted by molar-refractivity contribution is 7.80. The number of hydrogen-bond acceptors (Lipinski definition) is 2. The Morgan fingerprint density at radius 1 is 1.20 bits per heavy atom. The molecule has 0 spiro atoms. The van der Waals surface area contributed by atoms with Gasteiger partial charge in [-0.3, -0.25) is 0 Å². The summed E-state index contributed by atoms with van der Waals surface area (Å²) in [4.78, 5) is -0.287. The number of thiol groups is 1. The zero-order valence-electron chi connectivity index (χ0n) is 7.05. The van der Waals surface area contributed by atoms with E-state index in [-0.39, 0.29) is 4.90 Å². The van der Waals surface area contributed by atoms with E-state index in [0.717, 1.165) is 12.1 Å². The van der Waals surface area contributed by atoms with Crippen LogP contribution in [0.25, 0.3) is 0 Å². The van der Waals surface area contributed by atoms with E-state index in [1.165, 1.54) is 6.07 Å². The van der Waals surface area contributed by atoms with Gasteiger partial charge in [0.25, 0.3) is 6.43 Å². The smallest absolute Gasteiger partial charge is 0.404 e. The third kappa shape index (κ3) is 3.26. The first kappa shape index (κ1) is 12.1. The second kappa shape index (κ2) is 4.26. The lowest BCUT2D eigenvalue weighted by atomic mass is 10.2. The molecule has 1 aromatic rings. The van der Waals surface area contributed by atoms with E-state index in [9.17, 15) is 22.0 Å². The molecule has 0 fully saturated rings. The van der Waals surface area contributed by atoms with Gasteiger partial charge in [-0.15, -0.1) is 25.8 Å². The molecular weight excluding hydrogens is 239 g/mol. The molecule has 0 aliphatic rings. The Morgan fingerprint density at radius 3 is 2.27 bits per heavy atom. The van der Waals surface area contributed by atoms with Crippen molar-refractivity contribution in [3.8, 4) is 5.75 Å². The van der Waals surface area contributed by atoms with Crippen molar-refractivity contribution in [2.45, 2.75) is 17.7 Å². The largest absolute Gasteiger partial charge is 0.573 e. The quantitative estimate of drug-likeness (QED) is 0.614. The van der Waals surface area contributed by atoms with Crippen molar-refractivity contribution >= 4 is 12.6 Å². The van der Waals surface area contributed by atoms with E-state index >= 15 is 0 Å². The van der Waals surface area contributed by atoms with Crippen LogP contribution in [-0.2, 0) is 0 Å². The topological polar surface area (TPSA) is 9.23 Å². The second-order valence-electron chi connectivity index (χ2n) is 2.54. The van der Waals surface area contributed by atoms with Crippen LogP contribution >= 0.6 is 12.6 Å². The van der Waals surface area contributed by atoms with Gasteiger partial charge in [0.15, 0.2) is 5.75 Å². The third-order valence-electron chi connectivity index (χ3n) is 1.48. The van der Waals surface area contributed by atoms with Crippen LogP contribution in [0.2, 0.25) is 0 Å². The van der Waals surface area contributed by atoms with E-state index in [1.807, 2.05) is 0 Å². The molecule has 84 valence electrons. The zero-order chi connectivity index (χ0) is 11.6. The maximum Gasteiger partial charge on any atom is 0.573 e. The van der Waals surface area contributed by atoms with E-state index in [4.69, 9.17) is 0 Å². The molecule has 1 rings (SSSR count). The molecule has 0 amide bonds. The molecule has 1 aromatic carbocycles. The van der Waals surface area contributed by atoms with Crippen LogP contribution in [-0.4, -0.2) is 6.36 Å². The van der Waals surface area contributed by atoms with Gasteiger partial charge < -0.3 is 4.74 Å². The van der Waals surface area contributed by atoms with E-state index in [0.29, 0.717) is 0 Å². The van der Waals surface area contributed by atoms with Crippen molar-refractivity contribution < 1.29 is 26.7 Å². The van der Waals surface area contributed by atoms with Crippen LogP contribution in [0.3, 0.4) is 0 Å². The summed E-state index contributed by atoms with van der Waals surface area (Å²) < 4.78 is 63.7. The standard InChI is InChI=1S/C8H5F5OS/c9-7(10)4-2-1-3-5(15)6(4)14-8(11,12)13/h1-3,7,15H. The predicted molar refractivity (Wildman–Crippen MR) is 45.3 cm³/mol. The number of alkyl halides is 5. The molecule has 0 atom stereocenters. The number of ether oxygens (including phenoxy) is 1. The summed E-state index contributed by atoms with van der Waals surface area (Å²) >= 11 is 3.62. The van der Waals surface area contributed by atoms with Crippen LogP contribution < -0.4 is 4.74 Å². The molecule has 0 aromatic heterocycles. The maximum atomic E-state index is 12.3.